The molecule has 0 radical (unpaired) electrons. The number of anilines is 1. The van der Waals surface area contributed by atoms with Crippen LogP contribution in [0.1, 0.15) is 45.7 Å². The lowest BCUT2D eigenvalue weighted by Crippen LogP contribution is -2.40. The molecule has 0 amide bonds. The molecule has 4 nitrogen and oxygen atoms in total. The predicted octanol–water partition coefficient (Wildman–Crippen LogP) is 2.74. The van der Waals surface area contributed by atoms with E-state index in [1.807, 2.05) is 44.7 Å². The molecule has 1 aliphatic heterocycles. The summed E-state index contributed by atoms with van der Waals surface area (Å²) in [6.45, 7) is 8.91. The molecule has 0 spiro atoms. The number of hydrogen-bond donors (Lipinski definition) is 1. The molecular formula is C15H24FN3OS. The van der Waals surface area contributed by atoms with Gasteiger partial charge in [-0.1, -0.05) is 6.07 Å². The Bertz CT molecular complexity index is 463. The summed E-state index contributed by atoms with van der Waals surface area (Å²) in [6.07, 6.45) is 1.60. The monoisotopic (exact) mass is 313 g/mol. The molecule has 1 aromatic rings. The fourth-order valence-electron chi connectivity index (χ4n) is 2.17. The SMILES string of the molecule is C[C@H](N[S@@+]([O-])C(C)(C)C)c1ccc(N2CCC(F)C2)nc1. The Balaban J connectivity index is 1.98. The lowest BCUT2D eigenvalue weighted by molar-refractivity contribution is 0.364. The van der Waals surface area contributed by atoms with Gasteiger partial charge in [0.25, 0.3) is 0 Å². The van der Waals surface area contributed by atoms with E-state index in [1.54, 1.807) is 6.20 Å². The van der Waals surface area contributed by atoms with E-state index in [4.69, 9.17) is 0 Å². The molecule has 3 atom stereocenters. The minimum absolute atomic E-state index is 0.0425. The van der Waals surface area contributed by atoms with Crippen LogP contribution in [0.2, 0.25) is 0 Å². The summed E-state index contributed by atoms with van der Waals surface area (Å²) in [4.78, 5) is 6.36. The van der Waals surface area contributed by atoms with Crippen molar-refractivity contribution in [3.05, 3.63) is 23.9 Å². The van der Waals surface area contributed by atoms with Gasteiger partial charge in [-0.2, -0.15) is 0 Å². The largest absolute Gasteiger partial charge is 0.598 e. The summed E-state index contributed by atoms with van der Waals surface area (Å²) in [5.41, 5.74) is 0.979. The average molecular weight is 313 g/mol. The van der Waals surface area contributed by atoms with E-state index in [9.17, 15) is 8.94 Å². The standard InChI is InChI=1S/C15H24FN3OS/c1-11(18-21(20)15(2,3)4)12-5-6-14(17-9-12)19-8-7-13(16)10-19/h5-6,9,11,13,18H,7-8,10H2,1-4H3/t11-,13?,21-/m0/s1. The van der Waals surface area contributed by atoms with Crippen LogP contribution >= 0.6 is 0 Å². The van der Waals surface area contributed by atoms with Crippen LogP contribution in [0.3, 0.4) is 0 Å². The molecule has 0 aromatic carbocycles. The Morgan fingerprint density at radius 3 is 2.67 bits per heavy atom. The molecule has 1 saturated heterocycles. The van der Waals surface area contributed by atoms with Crippen molar-refractivity contribution in [2.45, 2.75) is 51.1 Å². The van der Waals surface area contributed by atoms with Gasteiger partial charge < -0.3 is 9.45 Å². The molecule has 1 aromatic heterocycles. The van der Waals surface area contributed by atoms with Crippen molar-refractivity contribution >= 4 is 17.2 Å². The maximum Gasteiger partial charge on any atom is 0.136 e. The highest BCUT2D eigenvalue weighted by atomic mass is 32.2. The van der Waals surface area contributed by atoms with Crippen molar-refractivity contribution in [2.24, 2.45) is 0 Å². The minimum Gasteiger partial charge on any atom is -0.598 e. The van der Waals surface area contributed by atoms with Gasteiger partial charge in [0.2, 0.25) is 0 Å². The first-order chi connectivity index (χ1) is 9.77. The number of pyridine rings is 1. The van der Waals surface area contributed by atoms with Crippen molar-refractivity contribution in [3.63, 3.8) is 0 Å². The predicted molar refractivity (Wildman–Crippen MR) is 85.4 cm³/mol. The fourth-order valence-corrected chi connectivity index (χ4v) is 2.98. The number of alkyl halides is 1. The van der Waals surface area contributed by atoms with Gasteiger partial charge in [-0.15, -0.1) is 4.72 Å². The number of hydrogen-bond acceptors (Lipinski definition) is 4. The zero-order valence-corrected chi connectivity index (χ0v) is 13.9. The second-order valence-electron chi connectivity index (χ2n) is 6.50. The first kappa shape index (κ1) is 16.5. The van der Waals surface area contributed by atoms with E-state index in [2.05, 4.69) is 9.71 Å². The Labute approximate surface area is 129 Å². The number of nitrogens with one attached hydrogen (secondary N) is 1. The highest BCUT2D eigenvalue weighted by Crippen LogP contribution is 2.23. The van der Waals surface area contributed by atoms with Gasteiger partial charge in [0.1, 0.15) is 16.7 Å². The first-order valence-corrected chi connectivity index (χ1v) is 8.45. The summed E-state index contributed by atoms with van der Waals surface area (Å²) in [5.74, 6) is 0.808. The van der Waals surface area contributed by atoms with Crippen molar-refractivity contribution in [2.75, 3.05) is 18.0 Å². The zero-order valence-electron chi connectivity index (χ0n) is 13.1. The lowest BCUT2D eigenvalue weighted by atomic mass is 10.1. The van der Waals surface area contributed by atoms with E-state index in [0.29, 0.717) is 13.0 Å². The number of halogens is 1. The van der Waals surface area contributed by atoms with Crippen molar-refractivity contribution in [1.29, 1.82) is 0 Å². The van der Waals surface area contributed by atoms with Crippen LogP contribution < -0.4 is 9.62 Å². The van der Waals surface area contributed by atoms with E-state index in [1.165, 1.54) is 0 Å². The third-order valence-electron chi connectivity index (χ3n) is 3.57. The summed E-state index contributed by atoms with van der Waals surface area (Å²) in [7, 11) is 0. The van der Waals surface area contributed by atoms with Gasteiger partial charge in [-0.25, -0.2) is 9.37 Å². The molecular weight excluding hydrogens is 289 g/mol. The Morgan fingerprint density at radius 2 is 2.19 bits per heavy atom. The van der Waals surface area contributed by atoms with Gasteiger partial charge in [-0.3, -0.25) is 0 Å². The van der Waals surface area contributed by atoms with E-state index >= 15 is 0 Å². The number of nitrogens with zero attached hydrogens (tertiary/aromatic N) is 2. The molecule has 6 heteroatoms. The highest BCUT2D eigenvalue weighted by Gasteiger charge is 2.28. The third kappa shape index (κ3) is 4.31. The normalized spacial score (nSPS) is 22.4. The molecule has 118 valence electrons. The Morgan fingerprint density at radius 1 is 1.48 bits per heavy atom. The Hall–Kier alpha value is -0.850. The summed E-state index contributed by atoms with van der Waals surface area (Å²) in [6, 6.07) is 3.83. The van der Waals surface area contributed by atoms with Gasteiger partial charge in [-0.05, 0) is 45.7 Å². The molecule has 0 aliphatic carbocycles. The topological polar surface area (TPSA) is 51.2 Å². The van der Waals surface area contributed by atoms with E-state index in [0.717, 1.165) is 17.9 Å². The van der Waals surface area contributed by atoms with Crippen LogP contribution in [0.5, 0.6) is 0 Å². The quantitative estimate of drug-likeness (QED) is 0.869. The Kier molecular flexibility index (Phi) is 5.11. The lowest BCUT2D eigenvalue weighted by Gasteiger charge is -2.26. The smallest absolute Gasteiger partial charge is 0.136 e. The summed E-state index contributed by atoms with van der Waals surface area (Å²) < 4.78 is 28.1. The molecule has 2 heterocycles. The molecule has 1 unspecified atom stereocenters. The van der Waals surface area contributed by atoms with Crippen LogP contribution in [0.25, 0.3) is 0 Å². The molecule has 0 saturated carbocycles. The average Bonchev–Trinajstić information content (AvgIpc) is 2.84. The van der Waals surface area contributed by atoms with Crippen LogP contribution in [0, 0.1) is 0 Å². The van der Waals surface area contributed by atoms with Crippen molar-refractivity contribution in [3.8, 4) is 0 Å². The van der Waals surface area contributed by atoms with Gasteiger partial charge in [0.15, 0.2) is 0 Å². The summed E-state index contributed by atoms with van der Waals surface area (Å²) >= 11 is -1.12. The van der Waals surface area contributed by atoms with Gasteiger partial charge in [0, 0.05) is 24.1 Å². The van der Waals surface area contributed by atoms with Crippen molar-refractivity contribution < 1.29 is 8.94 Å². The zero-order chi connectivity index (χ0) is 15.6. The van der Waals surface area contributed by atoms with Crippen molar-refractivity contribution in [1.82, 2.24) is 9.71 Å². The number of aromatic nitrogens is 1. The van der Waals surface area contributed by atoms with E-state index < -0.39 is 17.5 Å². The summed E-state index contributed by atoms with van der Waals surface area (Å²) in [5, 5.41) is 0. The maximum atomic E-state index is 13.2. The minimum atomic E-state index is -1.12. The number of rotatable bonds is 4. The van der Waals surface area contributed by atoms with Gasteiger partial charge >= 0.3 is 0 Å². The first-order valence-electron chi connectivity index (χ1n) is 7.30. The van der Waals surface area contributed by atoms with Crippen LogP contribution in [-0.4, -0.2) is 33.5 Å². The van der Waals surface area contributed by atoms with Crippen LogP contribution in [0.15, 0.2) is 18.3 Å². The fraction of sp³-hybridized carbons (Fsp3) is 0.667. The second-order valence-corrected chi connectivity index (χ2v) is 8.50. The molecule has 1 N–H and O–H groups in total. The van der Waals surface area contributed by atoms with E-state index in [-0.39, 0.29) is 10.8 Å². The van der Waals surface area contributed by atoms with Gasteiger partial charge in [0.05, 0.1) is 12.6 Å². The molecule has 1 aliphatic rings. The molecule has 2 rings (SSSR count). The highest BCUT2D eigenvalue weighted by molar-refractivity contribution is 7.90. The molecule has 0 bridgehead atoms. The van der Waals surface area contributed by atoms with Crippen LogP contribution in [0.4, 0.5) is 10.2 Å². The molecule has 21 heavy (non-hydrogen) atoms. The molecule has 1 fully saturated rings. The maximum absolute atomic E-state index is 13.2. The van der Waals surface area contributed by atoms with Crippen LogP contribution in [-0.2, 0) is 11.4 Å². The second kappa shape index (κ2) is 6.50. The third-order valence-corrected chi connectivity index (χ3v) is 5.25.